The number of nitrogens with one attached hydrogen (secondary N) is 1. The molecule has 0 saturated heterocycles. The zero-order chi connectivity index (χ0) is 31.3. The Bertz CT molecular complexity index is 2540. The molecule has 47 heavy (non-hydrogen) atoms. The highest BCUT2D eigenvalue weighted by molar-refractivity contribution is 6.19. The Morgan fingerprint density at radius 2 is 1.26 bits per heavy atom. The Morgan fingerprint density at radius 1 is 0.574 bits per heavy atom. The van der Waals surface area contributed by atoms with Crippen LogP contribution in [0.15, 0.2) is 150 Å². The van der Waals surface area contributed by atoms with Gasteiger partial charge < -0.3 is 14.6 Å². The summed E-state index contributed by atoms with van der Waals surface area (Å²) in [6.45, 7) is 4.75. The van der Waals surface area contributed by atoms with Crippen LogP contribution in [0, 0.1) is 0 Å². The smallest absolute Gasteiger partial charge is 0.143 e. The molecule has 1 aliphatic heterocycles. The van der Waals surface area contributed by atoms with Crippen LogP contribution in [0.1, 0.15) is 36.7 Å². The van der Waals surface area contributed by atoms with E-state index in [1.54, 1.807) is 0 Å². The van der Waals surface area contributed by atoms with Crippen molar-refractivity contribution in [2.24, 2.45) is 0 Å². The predicted molar refractivity (Wildman–Crippen MR) is 196 cm³/mol. The minimum atomic E-state index is -0.173. The van der Waals surface area contributed by atoms with Crippen LogP contribution in [-0.2, 0) is 5.41 Å². The maximum atomic E-state index is 6.41. The van der Waals surface area contributed by atoms with E-state index in [0.717, 1.165) is 33.0 Å². The lowest BCUT2D eigenvalue weighted by molar-refractivity contribution is 0.660. The quantitative estimate of drug-likeness (QED) is 0.217. The standard InChI is InChI=1S/C44H32N2O/c1-44(2)37-24-28(35-26-36-33-15-8-11-19-41(33)47-42(36)34-16-7-6-14-30(34)35)20-22-31(37)32-23-21-29(25-38(32)44)46-40-18-10-9-17-39(40)45-43(46)27-12-4-3-5-13-27/h3-26,43,45H,1-2H3. The molecule has 3 nitrogen and oxygen atoms in total. The summed E-state index contributed by atoms with van der Waals surface area (Å²) in [6, 6.07) is 52.8. The molecule has 7 aromatic carbocycles. The first-order valence-corrected chi connectivity index (χ1v) is 16.4. The third-order valence-electron chi connectivity index (χ3n) is 10.5. The molecule has 3 heteroatoms. The van der Waals surface area contributed by atoms with Crippen LogP contribution >= 0.6 is 0 Å². The molecule has 10 rings (SSSR count). The highest BCUT2D eigenvalue weighted by Crippen LogP contribution is 2.53. The van der Waals surface area contributed by atoms with Gasteiger partial charge in [-0.15, -0.1) is 0 Å². The van der Waals surface area contributed by atoms with Gasteiger partial charge in [0.15, 0.2) is 0 Å². The van der Waals surface area contributed by atoms with Crippen molar-refractivity contribution in [3.8, 4) is 22.3 Å². The molecule has 2 aliphatic rings. The van der Waals surface area contributed by atoms with E-state index < -0.39 is 0 Å². The maximum Gasteiger partial charge on any atom is 0.143 e. The van der Waals surface area contributed by atoms with E-state index in [9.17, 15) is 0 Å². The second-order valence-electron chi connectivity index (χ2n) is 13.4. The number of para-hydroxylation sites is 3. The molecule has 1 unspecified atom stereocenters. The molecule has 2 heterocycles. The lowest BCUT2D eigenvalue weighted by Gasteiger charge is -2.29. The van der Waals surface area contributed by atoms with Gasteiger partial charge in [0, 0.05) is 27.3 Å². The number of nitrogens with zero attached hydrogens (tertiary/aromatic N) is 1. The van der Waals surface area contributed by atoms with E-state index in [2.05, 4.69) is 164 Å². The van der Waals surface area contributed by atoms with Crippen molar-refractivity contribution in [3.05, 3.63) is 162 Å². The van der Waals surface area contributed by atoms with Crippen molar-refractivity contribution in [1.82, 2.24) is 0 Å². The van der Waals surface area contributed by atoms with Gasteiger partial charge in [-0.1, -0.05) is 117 Å². The Balaban J connectivity index is 1.11. The number of anilines is 3. The van der Waals surface area contributed by atoms with Gasteiger partial charge >= 0.3 is 0 Å². The molecule has 8 aromatic rings. The molecular weight excluding hydrogens is 572 g/mol. The van der Waals surface area contributed by atoms with Crippen molar-refractivity contribution >= 4 is 49.8 Å². The molecule has 0 bridgehead atoms. The van der Waals surface area contributed by atoms with E-state index in [1.165, 1.54) is 55.7 Å². The molecule has 224 valence electrons. The number of hydrogen-bond donors (Lipinski definition) is 1. The number of fused-ring (bicyclic) bond motifs is 9. The van der Waals surface area contributed by atoms with Crippen LogP contribution in [0.4, 0.5) is 17.1 Å². The van der Waals surface area contributed by atoms with Crippen LogP contribution in [0.5, 0.6) is 0 Å². The van der Waals surface area contributed by atoms with Gasteiger partial charge in [0.25, 0.3) is 0 Å². The third kappa shape index (κ3) is 3.74. The van der Waals surface area contributed by atoms with Crippen LogP contribution in [0.3, 0.4) is 0 Å². The fourth-order valence-corrected chi connectivity index (χ4v) is 8.14. The van der Waals surface area contributed by atoms with Crippen molar-refractivity contribution in [2.75, 3.05) is 10.2 Å². The first kappa shape index (κ1) is 26.4. The van der Waals surface area contributed by atoms with Gasteiger partial charge in [-0.25, -0.2) is 0 Å². The zero-order valence-electron chi connectivity index (χ0n) is 26.3. The summed E-state index contributed by atoms with van der Waals surface area (Å²) in [4.78, 5) is 2.45. The lowest BCUT2D eigenvalue weighted by atomic mass is 9.81. The number of benzene rings is 7. The Morgan fingerprint density at radius 3 is 2.11 bits per heavy atom. The van der Waals surface area contributed by atoms with Gasteiger partial charge in [0.05, 0.1) is 11.4 Å². The SMILES string of the molecule is CC1(C)c2cc(-c3cc4c5ccccc5oc4c4ccccc34)ccc2-c2ccc(N3c4ccccc4NC3c3ccccc3)cc21. The first-order valence-electron chi connectivity index (χ1n) is 16.4. The molecular formula is C44H32N2O. The summed E-state index contributed by atoms with van der Waals surface area (Å²) < 4.78 is 6.41. The fourth-order valence-electron chi connectivity index (χ4n) is 8.14. The molecule has 0 radical (unpaired) electrons. The second-order valence-corrected chi connectivity index (χ2v) is 13.4. The van der Waals surface area contributed by atoms with Crippen LogP contribution in [-0.4, -0.2) is 0 Å². The Hall–Kier alpha value is -5.80. The molecule has 0 fully saturated rings. The first-order chi connectivity index (χ1) is 23.1. The monoisotopic (exact) mass is 604 g/mol. The molecule has 1 atom stereocenters. The lowest BCUT2D eigenvalue weighted by Crippen LogP contribution is -2.24. The molecule has 1 N–H and O–H groups in total. The molecule has 0 spiro atoms. The van der Waals surface area contributed by atoms with Gasteiger partial charge in [-0.2, -0.15) is 0 Å². The zero-order valence-corrected chi connectivity index (χ0v) is 26.3. The topological polar surface area (TPSA) is 28.4 Å². The molecule has 1 aromatic heterocycles. The Kier molecular flexibility index (Phi) is 5.40. The van der Waals surface area contributed by atoms with E-state index in [4.69, 9.17) is 4.42 Å². The van der Waals surface area contributed by atoms with Crippen molar-refractivity contribution < 1.29 is 4.42 Å². The van der Waals surface area contributed by atoms with Gasteiger partial charge in [0.2, 0.25) is 0 Å². The molecule has 0 saturated carbocycles. The van der Waals surface area contributed by atoms with Crippen LogP contribution in [0.25, 0.3) is 55.0 Å². The highest BCUT2D eigenvalue weighted by atomic mass is 16.3. The number of hydrogen-bond acceptors (Lipinski definition) is 3. The maximum absolute atomic E-state index is 6.41. The summed E-state index contributed by atoms with van der Waals surface area (Å²) in [5.41, 5.74) is 14.3. The average molecular weight is 605 g/mol. The minimum Gasteiger partial charge on any atom is -0.455 e. The molecule has 0 amide bonds. The van der Waals surface area contributed by atoms with Gasteiger partial charge in [0.1, 0.15) is 17.3 Å². The average Bonchev–Trinajstić information content (AvgIpc) is 3.76. The summed E-state index contributed by atoms with van der Waals surface area (Å²) in [6.07, 6.45) is 0.0207. The predicted octanol–water partition coefficient (Wildman–Crippen LogP) is 12.0. The van der Waals surface area contributed by atoms with Crippen molar-refractivity contribution in [2.45, 2.75) is 25.4 Å². The largest absolute Gasteiger partial charge is 0.455 e. The third-order valence-corrected chi connectivity index (χ3v) is 10.5. The number of rotatable bonds is 3. The normalized spacial score (nSPS) is 16.0. The van der Waals surface area contributed by atoms with Crippen LogP contribution in [0.2, 0.25) is 0 Å². The van der Waals surface area contributed by atoms with E-state index in [-0.39, 0.29) is 11.6 Å². The van der Waals surface area contributed by atoms with Gasteiger partial charge in [-0.3, -0.25) is 0 Å². The van der Waals surface area contributed by atoms with E-state index >= 15 is 0 Å². The van der Waals surface area contributed by atoms with E-state index in [0.29, 0.717) is 0 Å². The summed E-state index contributed by atoms with van der Waals surface area (Å²) in [5.74, 6) is 0. The Labute approximate surface area is 273 Å². The highest BCUT2D eigenvalue weighted by Gasteiger charge is 2.38. The second kappa shape index (κ2) is 9.60. The van der Waals surface area contributed by atoms with E-state index in [1.807, 2.05) is 6.07 Å². The van der Waals surface area contributed by atoms with Crippen LogP contribution < -0.4 is 10.2 Å². The summed E-state index contributed by atoms with van der Waals surface area (Å²) in [5, 5.41) is 8.46. The summed E-state index contributed by atoms with van der Waals surface area (Å²) >= 11 is 0. The fraction of sp³-hybridized carbons (Fsp3) is 0.0909. The number of furan rings is 1. The van der Waals surface area contributed by atoms with Crippen molar-refractivity contribution in [1.29, 1.82) is 0 Å². The minimum absolute atomic E-state index is 0.0207. The van der Waals surface area contributed by atoms with Crippen molar-refractivity contribution in [3.63, 3.8) is 0 Å². The summed E-state index contributed by atoms with van der Waals surface area (Å²) in [7, 11) is 0. The van der Waals surface area contributed by atoms with Gasteiger partial charge in [-0.05, 0) is 86.8 Å². The molecule has 1 aliphatic carbocycles.